The number of hydrogen-bond acceptors (Lipinski definition) is 1. The fourth-order valence-electron chi connectivity index (χ4n) is 0.953. The Morgan fingerprint density at radius 3 is 2.73 bits per heavy atom. The van der Waals surface area contributed by atoms with Gasteiger partial charge in [0.15, 0.2) is 0 Å². The predicted molar refractivity (Wildman–Crippen MR) is 50.4 cm³/mol. The van der Waals surface area contributed by atoms with E-state index in [-0.39, 0.29) is 0 Å². The maximum atomic E-state index is 5.54. The summed E-state index contributed by atoms with van der Waals surface area (Å²) in [4.78, 5) is 0. The molecule has 0 heterocycles. The molecular weight excluding hydrogens is 158 g/mol. The zero-order valence-electron chi connectivity index (χ0n) is 6.60. The lowest BCUT2D eigenvalue weighted by Gasteiger charge is -2.06. The van der Waals surface area contributed by atoms with Crippen molar-refractivity contribution in [2.75, 3.05) is 17.7 Å². The lowest BCUT2D eigenvalue weighted by Crippen LogP contribution is -2.03. The first-order chi connectivity index (χ1) is 5.34. The Morgan fingerprint density at radius 1 is 1.36 bits per heavy atom. The van der Waals surface area contributed by atoms with Crippen LogP contribution in [0.2, 0.25) is 0 Å². The molecule has 0 saturated carbocycles. The summed E-state index contributed by atoms with van der Waals surface area (Å²) in [6.45, 7) is 2.91. The molecule has 0 aromatic heterocycles. The van der Waals surface area contributed by atoms with Gasteiger partial charge in [-0.1, -0.05) is 18.2 Å². The van der Waals surface area contributed by atoms with E-state index in [0.717, 1.165) is 6.54 Å². The molecule has 0 fully saturated rings. The summed E-state index contributed by atoms with van der Waals surface area (Å²) in [6.07, 6.45) is 0. The van der Waals surface area contributed by atoms with Gasteiger partial charge in [0, 0.05) is 18.1 Å². The van der Waals surface area contributed by atoms with Crippen molar-refractivity contribution in [3.63, 3.8) is 0 Å². The molecule has 0 saturated heterocycles. The highest BCUT2D eigenvalue weighted by molar-refractivity contribution is 6.18. The minimum absolute atomic E-state index is 0.647. The van der Waals surface area contributed by atoms with Crippen LogP contribution < -0.4 is 5.32 Å². The van der Waals surface area contributed by atoms with Crippen molar-refractivity contribution in [2.24, 2.45) is 0 Å². The summed E-state index contributed by atoms with van der Waals surface area (Å²) in [5, 5.41) is 3.23. The zero-order chi connectivity index (χ0) is 8.10. The van der Waals surface area contributed by atoms with Crippen molar-refractivity contribution in [2.45, 2.75) is 6.92 Å². The lowest BCUT2D eigenvalue weighted by atomic mass is 10.2. The van der Waals surface area contributed by atoms with Crippen LogP contribution in [0.15, 0.2) is 24.3 Å². The van der Waals surface area contributed by atoms with Crippen molar-refractivity contribution in [1.29, 1.82) is 0 Å². The van der Waals surface area contributed by atoms with Crippen molar-refractivity contribution in [3.05, 3.63) is 29.8 Å². The number of rotatable bonds is 3. The Labute approximate surface area is 72.4 Å². The number of hydrogen-bond donors (Lipinski definition) is 1. The van der Waals surface area contributed by atoms with E-state index in [2.05, 4.69) is 24.4 Å². The van der Waals surface area contributed by atoms with Crippen LogP contribution in [0.3, 0.4) is 0 Å². The van der Waals surface area contributed by atoms with Gasteiger partial charge in [-0.15, -0.1) is 11.6 Å². The summed E-state index contributed by atoms with van der Waals surface area (Å²) >= 11 is 5.54. The molecule has 1 aromatic carbocycles. The van der Waals surface area contributed by atoms with Crippen LogP contribution in [0.4, 0.5) is 5.69 Å². The third kappa shape index (κ3) is 2.43. The van der Waals surface area contributed by atoms with Gasteiger partial charge in [0.2, 0.25) is 0 Å². The van der Waals surface area contributed by atoms with Gasteiger partial charge < -0.3 is 5.32 Å². The monoisotopic (exact) mass is 169 g/mol. The molecule has 0 aliphatic rings. The minimum Gasteiger partial charge on any atom is -0.384 e. The molecule has 60 valence electrons. The highest BCUT2D eigenvalue weighted by Crippen LogP contribution is 2.12. The molecule has 0 bridgehead atoms. The van der Waals surface area contributed by atoms with E-state index in [0.29, 0.717) is 5.88 Å². The molecule has 1 aromatic rings. The van der Waals surface area contributed by atoms with E-state index in [4.69, 9.17) is 11.6 Å². The highest BCUT2D eigenvalue weighted by Gasteiger charge is 1.92. The van der Waals surface area contributed by atoms with Crippen molar-refractivity contribution in [1.82, 2.24) is 0 Å². The van der Waals surface area contributed by atoms with Crippen molar-refractivity contribution >= 4 is 17.3 Å². The van der Waals surface area contributed by atoms with E-state index >= 15 is 0 Å². The second kappa shape index (κ2) is 4.24. The minimum atomic E-state index is 0.647. The van der Waals surface area contributed by atoms with E-state index < -0.39 is 0 Å². The quantitative estimate of drug-likeness (QED) is 0.687. The van der Waals surface area contributed by atoms with Crippen LogP contribution in [0.5, 0.6) is 0 Å². The number of para-hydroxylation sites is 1. The van der Waals surface area contributed by atoms with Gasteiger partial charge in [-0.3, -0.25) is 0 Å². The van der Waals surface area contributed by atoms with Crippen LogP contribution >= 0.6 is 11.6 Å². The lowest BCUT2D eigenvalue weighted by molar-refractivity contribution is 1.21. The Hall–Kier alpha value is -0.690. The number of anilines is 1. The first kappa shape index (κ1) is 8.41. The summed E-state index contributed by atoms with van der Waals surface area (Å²) in [5.74, 6) is 0.647. The van der Waals surface area contributed by atoms with Crippen LogP contribution in [-0.2, 0) is 0 Å². The maximum Gasteiger partial charge on any atom is 0.0396 e. The molecule has 11 heavy (non-hydrogen) atoms. The van der Waals surface area contributed by atoms with Crippen molar-refractivity contribution in [3.8, 4) is 0 Å². The standard InChI is InChI=1S/C9H12ClN/c1-8-4-2-3-5-9(8)11-7-6-10/h2-5,11H,6-7H2,1H3. The van der Waals surface area contributed by atoms with Crippen molar-refractivity contribution < 1.29 is 0 Å². The van der Waals surface area contributed by atoms with Gasteiger partial charge in [-0.25, -0.2) is 0 Å². The predicted octanol–water partition coefficient (Wildman–Crippen LogP) is 2.65. The molecule has 0 aliphatic heterocycles. The summed E-state index contributed by atoms with van der Waals surface area (Å²) in [6, 6.07) is 8.18. The number of nitrogens with one attached hydrogen (secondary N) is 1. The van der Waals surface area contributed by atoms with E-state index in [9.17, 15) is 0 Å². The molecule has 0 amide bonds. The summed E-state index contributed by atoms with van der Waals surface area (Å²) < 4.78 is 0. The molecule has 0 atom stereocenters. The second-order valence-corrected chi connectivity index (χ2v) is 2.81. The average Bonchev–Trinajstić information content (AvgIpc) is 2.03. The van der Waals surface area contributed by atoms with Gasteiger partial charge in [-0.2, -0.15) is 0 Å². The topological polar surface area (TPSA) is 12.0 Å². The largest absolute Gasteiger partial charge is 0.384 e. The average molecular weight is 170 g/mol. The van der Waals surface area contributed by atoms with Gasteiger partial charge in [0.25, 0.3) is 0 Å². The fourth-order valence-corrected chi connectivity index (χ4v) is 1.05. The van der Waals surface area contributed by atoms with Crippen LogP contribution in [0.1, 0.15) is 5.56 Å². The molecule has 1 rings (SSSR count). The molecule has 1 N–H and O–H groups in total. The number of halogens is 1. The third-order valence-corrected chi connectivity index (χ3v) is 1.74. The first-order valence-corrected chi connectivity index (χ1v) is 4.23. The Morgan fingerprint density at radius 2 is 2.09 bits per heavy atom. The molecule has 0 radical (unpaired) electrons. The molecule has 0 spiro atoms. The third-order valence-electron chi connectivity index (χ3n) is 1.56. The van der Waals surface area contributed by atoms with Gasteiger partial charge in [-0.05, 0) is 18.6 Å². The Kier molecular flexibility index (Phi) is 3.24. The van der Waals surface area contributed by atoms with E-state index in [1.54, 1.807) is 0 Å². The summed E-state index contributed by atoms with van der Waals surface area (Å²) in [5.41, 5.74) is 2.44. The van der Waals surface area contributed by atoms with Gasteiger partial charge in [0.05, 0.1) is 0 Å². The Bertz CT molecular complexity index is 223. The molecule has 1 nitrogen and oxygen atoms in total. The number of aryl methyl sites for hydroxylation is 1. The number of alkyl halides is 1. The molecular formula is C9H12ClN. The normalized spacial score (nSPS) is 9.64. The fraction of sp³-hybridized carbons (Fsp3) is 0.333. The van der Waals surface area contributed by atoms with Crippen LogP contribution in [0, 0.1) is 6.92 Å². The molecule has 0 aliphatic carbocycles. The SMILES string of the molecule is Cc1ccccc1NCCCl. The zero-order valence-corrected chi connectivity index (χ0v) is 7.36. The summed E-state index contributed by atoms with van der Waals surface area (Å²) in [7, 11) is 0. The maximum absolute atomic E-state index is 5.54. The van der Waals surface area contributed by atoms with Crippen LogP contribution in [-0.4, -0.2) is 12.4 Å². The van der Waals surface area contributed by atoms with E-state index in [1.165, 1.54) is 11.3 Å². The second-order valence-electron chi connectivity index (χ2n) is 2.43. The van der Waals surface area contributed by atoms with Gasteiger partial charge in [0.1, 0.15) is 0 Å². The Balaban J connectivity index is 2.62. The smallest absolute Gasteiger partial charge is 0.0396 e. The van der Waals surface area contributed by atoms with E-state index in [1.807, 2.05) is 12.1 Å². The number of benzene rings is 1. The molecule has 0 unspecified atom stereocenters. The highest BCUT2D eigenvalue weighted by atomic mass is 35.5. The first-order valence-electron chi connectivity index (χ1n) is 3.70. The van der Waals surface area contributed by atoms with Gasteiger partial charge >= 0.3 is 0 Å². The van der Waals surface area contributed by atoms with Crippen LogP contribution in [0.25, 0.3) is 0 Å². The molecule has 2 heteroatoms.